The Bertz CT molecular complexity index is 858. The first-order valence-electron chi connectivity index (χ1n) is 10.5. The van der Waals surface area contributed by atoms with Crippen molar-refractivity contribution in [1.82, 2.24) is 20.4 Å². The topological polar surface area (TPSA) is 78.1 Å². The quantitative estimate of drug-likeness (QED) is 0.812. The summed E-state index contributed by atoms with van der Waals surface area (Å²) >= 11 is 0. The third kappa shape index (κ3) is 4.83. The lowest BCUT2D eigenvalue weighted by Gasteiger charge is -2.32. The summed E-state index contributed by atoms with van der Waals surface area (Å²) in [5.41, 5.74) is 2.13. The van der Waals surface area contributed by atoms with Gasteiger partial charge in [0.15, 0.2) is 0 Å². The molecule has 4 rings (SSSR count). The summed E-state index contributed by atoms with van der Waals surface area (Å²) in [5.74, 6) is -0.243. The third-order valence-corrected chi connectivity index (χ3v) is 6.00. The molecule has 1 atom stereocenters. The smallest absolute Gasteiger partial charge is 0.271 e. The second kappa shape index (κ2) is 8.76. The van der Waals surface area contributed by atoms with Crippen LogP contribution in [0.3, 0.4) is 0 Å². The first kappa shape index (κ1) is 19.6. The van der Waals surface area contributed by atoms with Crippen LogP contribution < -0.4 is 5.32 Å². The van der Waals surface area contributed by atoms with E-state index < -0.39 is 0 Å². The highest BCUT2D eigenvalue weighted by atomic mass is 19.1. The molecular weight excluding hydrogens is 371 g/mol. The molecule has 0 bridgehead atoms. The maximum absolute atomic E-state index is 13.1. The van der Waals surface area contributed by atoms with Gasteiger partial charge in [0.1, 0.15) is 11.5 Å². The highest BCUT2D eigenvalue weighted by Crippen LogP contribution is 2.27. The molecule has 0 radical (unpaired) electrons. The second-order valence-corrected chi connectivity index (χ2v) is 8.15. The van der Waals surface area contributed by atoms with Gasteiger partial charge in [-0.3, -0.25) is 14.7 Å². The lowest BCUT2D eigenvalue weighted by molar-refractivity contribution is -0.131. The molecule has 1 saturated heterocycles. The van der Waals surface area contributed by atoms with Crippen LogP contribution in [-0.2, 0) is 11.2 Å². The second-order valence-electron chi connectivity index (χ2n) is 8.15. The van der Waals surface area contributed by atoms with Crippen LogP contribution in [0, 0.1) is 5.82 Å². The highest BCUT2D eigenvalue weighted by Gasteiger charge is 2.27. The Kier molecular flexibility index (Phi) is 5.92. The molecule has 1 aromatic carbocycles. The summed E-state index contributed by atoms with van der Waals surface area (Å²) in [6.07, 6.45) is 6.54. The standard InChI is InChI=1S/C22H27FN4O2/c23-17-9-7-15(8-10-17)12-21(28)27-11-3-4-16(14-27)19-13-20(26-25-19)22(29)24-18-5-1-2-6-18/h7-10,13,16,18H,1-6,11-12,14H2,(H,24,29)(H,25,26)/t16-/m1/s1. The lowest BCUT2D eigenvalue weighted by atomic mass is 9.94. The van der Waals surface area contributed by atoms with Crippen molar-refractivity contribution in [1.29, 1.82) is 0 Å². The van der Waals surface area contributed by atoms with E-state index in [0.29, 0.717) is 12.2 Å². The number of rotatable bonds is 5. The van der Waals surface area contributed by atoms with Crippen molar-refractivity contribution < 1.29 is 14.0 Å². The fourth-order valence-electron chi connectivity index (χ4n) is 4.34. The molecular formula is C22H27FN4O2. The predicted octanol–water partition coefficient (Wildman–Crippen LogP) is 3.17. The van der Waals surface area contributed by atoms with E-state index in [1.54, 1.807) is 12.1 Å². The molecule has 154 valence electrons. The third-order valence-electron chi connectivity index (χ3n) is 6.00. The molecule has 7 heteroatoms. The number of nitrogens with zero attached hydrogens (tertiary/aromatic N) is 2. The number of aromatic nitrogens is 2. The Balaban J connectivity index is 1.35. The number of nitrogens with one attached hydrogen (secondary N) is 2. The van der Waals surface area contributed by atoms with Crippen molar-refractivity contribution in [2.75, 3.05) is 13.1 Å². The van der Waals surface area contributed by atoms with Gasteiger partial charge in [-0.2, -0.15) is 5.10 Å². The molecule has 0 spiro atoms. The number of aromatic amines is 1. The van der Waals surface area contributed by atoms with E-state index in [4.69, 9.17) is 0 Å². The summed E-state index contributed by atoms with van der Waals surface area (Å²) in [4.78, 5) is 26.9. The van der Waals surface area contributed by atoms with Gasteiger partial charge in [0.05, 0.1) is 6.42 Å². The number of halogens is 1. The molecule has 1 saturated carbocycles. The summed E-state index contributed by atoms with van der Waals surface area (Å²) < 4.78 is 13.1. The average molecular weight is 398 g/mol. The van der Waals surface area contributed by atoms with Gasteiger partial charge in [-0.25, -0.2) is 4.39 Å². The Morgan fingerprint density at radius 1 is 1.14 bits per heavy atom. The Morgan fingerprint density at radius 2 is 1.90 bits per heavy atom. The first-order chi connectivity index (χ1) is 14.1. The number of amides is 2. The summed E-state index contributed by atoms with van der Waals surface area (Å²) in [7, 11) is 0. The van der Waals surface area contributed by atoms with Crippen molar-refractivity contribution >= 4 is 11.8 Å². The molecule has 2 N–H and O–H groups in total. The zero-order valence-electron chi connectivity index (χ0n) is 16.5. The van der Waals surface area contributed by atoms with Gasteiger partial charge < -0.3 is 10.2 Å². The molecule has 2 amide bonds. The van der Waals surface area contributed by atoms with Crippen molar-refractivity contribution in [3.8, 4) is 0 Å². The average Bonchev–Trinajstić information content (AvgIpc) is 3.42. The number of hydrogen-bond acceptors (Lipinski definition) is 3. The largest absolute Gasteiger partial charge is 0.348 e. The van der Waals surface area contributed by atoms with Gasteiger partial charge in [-0.1, -0.05) is 25.0 Å². The number of benzene rings is 1. The van der Waals surface area contributed by atoms with Crippen LogP contribution in [0.5, 0.6) is 0 Å². The number of carbonyl (C=O) groups is 2. The fourth-order valence-corrected chi connectivity index (χ4v) is 4.34. The first-order valence-corrected chi connectivity index (χ1v) is 10.5. The van der Waals surface area contributed by atoms with Gasteiger partial charge in [0, 0.05) is 30.7 Å². The molecule has 1 aromatic heterocycles. The van der Waals surface area contributed by atoms with Crippen LogP contribution in [0.1, 0.15) is 66.2 Å². The Labute approximate surface area is 169 Å². The van der Waals surface area contributed by atoms with Crippen molar-refractivity contribution in [3.05, 3.63) is 53.1 Å². The van der Waals surface area contributed by atoms with Crippen LogP contribution in [0.15, 0.2) is 30.3 Å². The van der Waals surface area contributed by atoms with E-state index in [1.165, 1.54) is 25.0 Å². The minimum atomic E-state index is -0.300. The van der Waals surface area contributed by atoms with E-state index in [2.05, 4.69) is 15.5 Å². The highest BCUT2D eigenvalue weighted by molar-refractivity contribution is 5.92. The molecule has 2 aromatic rings. The number of carbonyl (C=O) groups excluding carboxylic acids is 2. The van der Waals surface area contributed by atoms with E-state index in [0.717, 1.165) is 43.5 Å². The van der Waals surface area contributed by atoms with E-state index in [-0.39, 0.29) is 36.0 Å². The van der Waals surface area contributed by atoms with Crippen LogP contribution >= 0.6 is 0 Å². The number of hydrogen-bond donors (Lipinski definition) is 2. The van der Waals surface area contributed by atoms with Crippen LogP contribution in [0.4, 0.5) is 4.39 Å². The van der Waals surface area contributed by atoms with Crippen LogP contribution in [-0.4, -0.2) is 46.0 Å². The predicted molar refractivity (Wildman–Crippen MR) is 107 cm³/mol. The summed E-state index contributed by atoms with van der Waals surface area (Å²) in [5, 5.41) is 10.3. The molecule has 2 heterocycles. The summed E-state index contributed by atoms with van der Waals surface area (Å²) in [6.45, 7) is 1.32. The van der Waals surface area contributed by atoms with Gasteiger partial charge in [0.25, 0.3) is 5.91 Å². The normalized spacial score (nSPS) is 20.0. The minimum absolute atomic E-state index is 0.0417. The molecule has 2 fully saturated rings. The van der Waals surface area contributed by atoms with E-state index >= 15 is 0 Å². The SMILES string of the molecule is O=C(NC1CCCC1)c1cc([C@@H]2CCCN(C(=O)Cc3ccc(F)cc3)C2)[nH]n1. The van der Waals surface area contributed by atoms with Crippen LogP contribution in [0.2, 0.25) is 0 Å². The summed E-state index contributed by atoms with van der Waals surface area (Å²) in [6, 6.07) is 8.15. The monoisotopic (exact) mass is 398 g/mol. The van der Waals surface area contributed by atoms with Gasteiger partial charge in [-0.05, 0) is 49.4 Å². The van der Waals surface area contributed by atoms with Gasteiger partial charge in [-0.15, -0.1) is 0 Å². The van der Waals surface area contributed by atoms with Gasteiger partial charge in [0.2, 0.25) is 5.91 Å². The molecule has 2 aliphatic rings. The van der Waals surface area contributed by atoms with Crippen molar-refractivity contribution in [2.45, 2.75) is 56.9 Å². The molecule has 0 unspecified atom stereocenters. The van der Waals surface area contributed by atoms with Gasteiger partial charge >= 0.3 is 0 Å². The maximum atomic E-state index is 13.1. The molecule has 6 nitrogen and oxygen atoms in total. The Morgan fingerprint density at radius 3 is 2.66 bits per heavy atom. The van der Waals surface area contributed by atoms with E-state index in [9.17, 15) is 14.0 Å². The van der Waals surface area contributed by atoms with E-state index in [1.807, 2.05) is 11.0 Å². The fraction of sp³-hybridized carbons (Fsp3) is 0.500. The molecule has 1 aliphatic carbocycles. The zero-order chi connectivity index (χ0) is 20.2. The lowest BCUT2D eigenvalue weighted by Crippen LogP contribution is -2.40. The maximum Gasteiger partial charge on any atom is 0.271 e. The molecule has 1 aliphatic heterocycles. The van der Waals surface area contributed by atoms with Crippen LogP contribution in [0.25, 0.3) is 0 Å². The minimum Gasteiger partial charge on any atom is -0.348 e. The van der Waals surface area contributed by atoms with Crippen molar-refractivity contribution in [2.24, 2.45) is 0 Å². The number of likely N-dealkylation sites (tertiary alicyclic amines) is 1. The molecule has 29 heavy (non-hydrogen) atoms. The number of H-pyrrole nitrogens is 1. The Hall–Kier alpha value is -2.70. The zero-order valence-corrected chi connectivity index (χ0v) is 16.5. The van der Waals surface area contributed by atoms with Crippen molar-refractivity contribution in [3.63, 3.8) is 0 Å². The number of piperidine rings is 1.